The van der Waals surface area contributed by atoms with Crippen LogP contribution in [0.2, 0.25) is 0 Å². The quantitative estimate of drug-likeness (QED) is 0.322. The van der Waals surface area contributed by atoms with Crippen molar-refractivity contribution in [2.75, 3.05) is 0 Å². The minimum absolute atomic E-state index is 0.0507. The number of hydrogen-bond acceptors (Lipinski definition) is 8. The highest BCUT2D eigenvalue weighted by molar-refractivity contribution is 7.97. The van der Waals surface area contributed by atoms with Gasteiger partial charge in [-0.05, 0) is 45.2 Å². The molecule has 0 radical (unpaired) electrons. The lowest BCUT2D eigenvalue weighted by Gasteiger charge is -2.22. The highest BCUT2D eigenvalue weighted by Crippen LogP contribution is 2.27. The van der Waals surface area contributed by atoms with Crippen molar-refractivity contribution in [1.82, 2.24) is 4.72 Å². The normalized spacial score (nSPS) is 12.5. The number of para-hydroxylation sites is 1. The van der Waals surface area contributed by atoms with E-state index in [2.05, 4.69) is 4.72 Å². The van der Waals surface area contributed by atoms with Crippen LogP contribution in [-0.4, -0.2) is 28.5 Å². The van der Waals surface area contributed by atoms with E-state index < -0.39 is 28.5 Å². The fraction of sp³-hybridized carbons (Fsp3) is 0.467. The standard InChI is InChI=1S/C15H20N2O6S/c1-15(2,3)23-13(18)9-8-10(14(19)20)16-24-12-7-5-4-6-11(12)17(21)22/h4-7,10,16H,8-9H2,1-3H3,(H,19,20)/p-1/t10-/m0/s1. The van der Waals surface area contributed by atoms with Gasteiger partial charge in [-0.25, -0.2) is 0 Å². The Kier molecular flexibility index (Phi) is 7.18. The van der Waals surface area contributed by atoms with E-state index in [4.69, 9.17) is 4.74 Å². The van der Waals surface area contributed by atoms with Gasteiger partial charge in [-0.3, -0.25) is 19.6 Å². The summed E-state index contributed by atoms with van der Waals surface area (Å²) in [6.45, 7) is 5.14. The van der Waals surface area contributed by atoms with Crippen molar-refractivity contribution >= 4 is 29.6 Å². The fourth-order valence-corrected chi connectivity index (χ4v) is 2.59. The maximum Gasteiger partial charge on any atom is 0.306 e. The number of aliphatic carboxylic acids is 1. The molecule has 1 atom stereocenters. The molecule has 1 rings (SSSR count). The van der Waals surface area contributed by atoms with Crippen LogP contribution in [0.3, 0.4) is 0 Å². The number of rotatable bonds is 8. The summed E-state index contributed by atoms with van der Waals surface area (Å²) in [4.78, 5) is 33.4. The Morgan fingerprint density at radius 2 is 1.96 bits per heavy atom. The molecule has 132 valence electrons. The van der Waals surface area contributed by atoms with Crippen molar-refractivity contribution in [3.05, 3.63) is 34.4 Å². The molecule has 0 saturated heterocycles. The van der Waals surface area contributed by atoms with Crippen molar-refractivity contribution in [2.24, 2.45) is 0 Å². The molecule has 0 heterocycles. The Labute approximate surface area is 143 Å². The third kappa shape index (κ3) is 6.97. The van der Waals surface area contributed by atoms with E-state index in [0.717, 1.165) is 11.9 Å². The second-order valence-electron chi connectivity index (χ2n) is 5.94. The molecule has 0 bridgehead atoms. The van der Waals surface area contributed by atoms with Gasteiger partial charge in [0.05, 0.1) is 16.9 Å². The summed E-state index contributed by atoms with van der Waals surface area (Å²) >= 11 is 0.812. The van der Waals surface area contributed by atoms with Crippen molar-refractivity contribution in [2.45, 2.75) is 50.2 Å². The molecule has 0 fully saturated rings. The van der Waals surface area contributed by atoms with E-state index in [-0.39, 0.29) is 23.4 Å². The number of carboxylic acid groups (broad SMARTS) is 1. The molecule has 0 amide bonds. The minimum Gasteiger partial charge on any atom is -0.548 e. The zero-order valence-corrected chi connectivity index (χ0v) is 14.4. The molecule has 1 aromatic rings. The molecule has 0 saturated carbocycles. The summed E-state index contributed by atoms with van der Waals surface area (Å²) in [6, 6.07) is 4.78. The summed E-state index contributed by atoms with van der Waals surface area (Å²) in [5.41, 5.74) is -0.791. The maximum atomic E-state index is 11.6. The highest BCUT2D eigenvalue weighted by Gasteiger charge is 2.20. The van der Waals surface area contributed by atoms with Gasteiger partial charge >= 0.3 is 5.97 Å². The van der Waals surface area contributed by atoms with E-state index >= 15 is 0 Å². The molecular weight excluding hydrogens is 336 g/mol. The van der Waals surface area contributed by atoms with Gasteiger partial charge in [-0.1, -0.05) is 12.1 Å². The molecule has 0 aromatic heterocycles. The number of carboxylic acids is 1. The summed E-state index contributed by atoms with van der Waals surface area (Å²) in [5, 5.41) is 22.1. The zero-order chi connectivity index (χ0) is 18.3. The van der Waals surface area contributed by atoms with Crippen LogP contribution in [0.15, 0.2) is 29.2 Å². The van der Waals surface area contributed by atoms with E-state index in [1.54, 1.807) is 26.8 Å². The van der Waals surface area contributed by atoms with E-state index in [9.17, 15) is 24.8 Å². The summed E-state index contributed by atoms with van der Waals surface area (Å²) in [5.74, 6) is -1.92. The van der Waals surface area contributed by atoms with Crippen LogP contribution >= 0.6 is 11.9 Å². The van der Waals surface area contributed by atoms with Crippen LogP contribution in [-0.2, 0) is 14.3 Å². The molecule has 9 heteroatoms. The average molecular weight is 355 g/mol. The SMILES string of the molecule is CC(C)(C)OC(=O)CC[C@H](NSc1ccccc1[N+](=O)[O-])C(=O)[O-]. The fourth-order valence-electron chi connectivity index (χ4n) is 1.71. The number of benzene rings is 1. The molecular formula is C15H19N2O6S-. The van der Waals surface area contributed by atoms with Crippen molar-refractivity contribution in [3.63, 3.8) is 0 Å². The van der Waals surface area contributed by atoms with Crippen LogP contribution in [0.5, 0.6) is 0 Å². The zero-order valence-electron chi connectivity index (χ0n) is 13.6. The average Bonchev–Trinajstić information content (AvgIpc) is 2.45. The van der Waals surface area contributed by atoms with Gasteiger partial charge in [0.25, 0.3) is 5.69 Å². The minimum atomic E-state index is -1.40. The molecule has 1 N–H and O–H groups in total. The van der Waals surface area contributed by atoms with E-state index in [0.29, 0.717) is 0 Å². The molecule has 1 aromatic carbocycles. The third-order valence-electron chi connectivity index (χ3n) is 2.71. The second kappa shape index (κ2) is 8.65. The number of ether oxygens (including phenoxy) is 1. The number of nitrogens with one attached hydrogen (secondary N) is 1. The largest absolute Gasteiger partial charge is 0.548 e. The van der Waals surface area contributed by atoms with Gasteiger partial charge in [0, 0.05) is 12.5 Å². The first-order valence-corrected chi connectivity index (χ1v) is 8.00. The highest BCUT2D eigenvalue weighted by atomic mass is 32.2. The predicted molar refractivity (Wildman–Crippen MR) is 86.0 cm³/mol. The molecule has 0 aliphatic heterocycles. The Hall–Kier alpha value is -2.13. The molecule has 0 aliphatic rings. The predicted octanol–water partition coefficient (Wildman–Crippen LogP) is 1.43. The molecule has 8 nitrogen and oxygen atoms in total. The van der Waals surface area contributed by atoms with Crippen LogP contribution in [0.25, 0.3) is 0 Å². The number of nitro groups is 1. The summed E-state index contributed by atoms with van der Waals surface area (Å²) < 4.78 is 7.70. The molecule has 0 aliphatic carbocycles. The third-order valence-corrected chi connectivity index (χ3v) is 3.68. The number of hydrogen-bond donors (Lipinski definition) is 1. The Bertz CT molecular complexity index is 614. The van der Waals surface area contributed by atoms with Gasteiger partial charge in [-0.2, -0.15) is 0 Å². The maximum absolute atomic E-state index is 11.6. The Morgan fingerprint density at radius 1 is 1.33 bits per heavy atom. The first kappa shape index (κ1) is 19.9. The first-order valence-electron chi connectivity index (χ1n) is 7.18. The lowest BCUT2D eigenvalue weighted by Crippen LogP contribution is -2.43. The Balaban J connectivity index is 2.63. The van der Waals surface area contributed by atoms with Crippen molar-refractivity contribution < 1.29 is 24.4 Å². The number of nitro benzene ring substituents is 1. The number of carbonyl (C=O) groups is 2. The summed E-state index contributed by atoms with van der Waals surface area (Å²) in [7, 11) is 0. The topological polar surface area (TPSA) is 122 Å². The van der Waals surface area contributed by atoms with Gasteiger partial charge in [0.15, 0.2) is 0 Å². The lowest BCUT2D eigenvalue weighted by atomic mass is 10.1. The smallest absolute Gasteiger partial charge is 0.306 e. The number of nitrogens with zero attached hydrogens (tertiary/aromatic N) is 1. The van der Waals surface area contributed by atoms with Gasteiger partial charge in [0.1, 0.15) is 10.5 Å². The van der Waals surface area contributed by atoms with E-state index in [1.165, 1.54) is 18.2 Å². The molecule has 0 spiro atoms. The van der Waals surface area contributed by atoms with E-state index in [1.807, 2.05) is 0 Å². The molecule has 0 unspecified atom stereocenters. The van der Waals surface area contributed by atoms with Gasteiger partial charge < -0.3 is 14.6 Å². The van der Waals surface area contributed by atoms with Crippen LogP contribution < -0.4 is 9.83 Å². The van der Waals surface area contributed by atoms with Crippen LogP contribution in [0, 0.1) is 10.1 Å². The van der Waals surface area contributed by atoms with Crippen molar-refractivity contribution in [1.29, 1.82) is 0 Å². The molecule has 24 heavy (non-hydrogen) atoms. The van der Waals surface area contributed by atoms with Crippen LogP contribution in [0.4, 0.5) is 5.69 Å². The number of esters is 1. The first-order chi connectivity index (χ1) is 11.1. The monoisotopic (exact) mass is 355 g/mol. The Morgan fingerprint density at radius 3 is 2.50 bits per heavy atom. The van der Waals surface area contributed by atoms with Gasteiger partial charge in [0.2, 0.25) is 0 Å². The van der Waals surface area contributed by atoms with Crippen molar-refractivity contribution in [3.8, 4) is 0 Å². The van der Waals surface area contributed by atoms with Gasteiger partial charge in [-0.15, -0.1) is 0 Å². The second-order valence-corrected chi connectivity index (χ2v) is 6.82. The van der Waals surface area contributed by atoms with Crippen LogP contribution in [0.1, 0.15) is 33.6 Å². The lowest BCUT2D eigenvalue weighted by molar-refractivity contribution is -0.387. The summed E-state index contributed by atoms with van der Waals surface area (Å²) in [6.07, 6.45) is -0.161. The number of carbonyl (C=O) groups excluding carboxylic acids is 2.